The molecule has 0 aromatic rings. The Balaban J connectivity index is 3.13. The summed E-state index contributed by atoms with van der Waals surface area (Å²) in [7, 11) is 0. The van der Waals surface area contributed by atoms with Crippen LogP contribution in [0, 0.1) is 0 Å². The zero-order valence-corrected chi connectivity index (χ0v) is 31.5. The van der Waals surface area contributed by atoms with Crippen molar-refractivity contribution in [3.05, 3.63) is 24.3 Å². The summed E-state index contributed by atoms with van der Waals surface area (Å²) in [5, 5.41) is 2.33. The van der Waals surface area contributed by atoms with Gasteiger partial charge in [-0.1, -0.05) is 172 Å². The first-order valence-corrected chi connectivity index (χ1v) is 20.8. The van der Waals surface area contributed by atoms with Crippen LogP contribution in [-0.2, 0) is 14.2 Å². The highest BCUT2D eigenvalue weighted by Crippen LogP contribution is 2.14. The van der Waals surface area contributed by atoms with Crippen molar-refractivity contribution in [1.82, 2.24) is 0 Å². The van der Waals surface area contributed by atoms with Crippen molar-refractivity contribution >= 4 is 31.9 Å². The minimum Gasteiger partial charge on any atom is -0.355 e. The number of allylic oxidation sites excluding steroid dienone is 4. The third-order valence-electron chi connectivity index (χ3n) is 7.99. The van der Waals surface area contributed by atoms with E-state index in [4.69, 9.17) is 14.2 Å². The molecule has 43 heavy (non-hydrogen) atoms. The summed E-state index contributed by atoms with van der Waals surface area (Å²) in [5.74, 6) is 0. The largest absolute Gasteiger partial charge is 0.355 e. The standard InChI is InChI=1S/C38H72Br2O3/c39-33-29-25-21-17-13-9-5-1-3-7-11-15-19-23-27-31-35-41-37-43-38-42-36-32-28-24-20-16-12-8-4-2-6-10-14-18-22-26-30-34-40/h19-20,23-24H,1-18,21-22,25-38H2. The van der Waals surface area contributed by atoms with Gasteiger partial charge in [-0.3, -0.25) is 0 Å². The lowest BCUT2D eigenvalue weighted by molar-refractivity contribution is -0.131. The molecule has 0 aromatic carbocycles. The monoisotopic (exact) mass is 734 g/mol. The Hall–Kier alpha value is 0.320. The smallest absolute Gasteiger partial charge is 0.149 e. The number of halogens is 2. The van der Waals surface area contributed by atoms with Gasteiger partial charge >= 0.3 is 0 Å². The van der Waals surface area contributed by atoms with Crippen LogP contribution in [-0.4, -0.2) is 37.5 Å². The van der Waals surface area contributed by atoms with Crippen LogP contribution in [0.3, 0.4) is 0 Å². The molecule has 0 fully saturated rings. The van der Waals surface area contributed by atoms with Gasteiger partial charge in [0.2, 0.25) is 0 Å². The molecule has 0 amide bonds. The Bertz CT molecular complexity index is 495. The van der Waals surface area contributed by atoms with Gasteiger partial charge in [-0.15, -0.1) is 0 Å². The SMILES string of the molecule is BrCCCCCCCCCCCCCC=CCCCOCOCOCCCC=CCCCCCCCCCCCCCBr. The summed E-state index contributed by atoms with van der Waals surface area (Å²) < 4.78 is 16.5. The van der Waals surface area contributed by atoms with Crippen molar-refractivity contribution in [2.24, 2.45) is 0 Å². The van der Waals surface area contributed by atoms with Crippen LogP contribution in [0.4, 0.5) is 0 Å². The Kier molecular flexibility index (Phi) is 42.6. The molecule has 0 atom stereocenters. The number of alkyl halides is 2. The molecule has 0 N–H and O–H groups in total. The first-order chi connectivity index (χ1) is 21.4. The van der Waals surface area contributed by atoms with Crippen molar-refractivity contribution < 1.29 is 14.2 Å². The van der Waals surface area contributed by atoms with Gasteiger partial charge in [-0.25, -0.2) is 0 Å². The van der Waals surface area contributed by atoms with Crippen molar-refractivity contribution in [3.8, 4) is 0 Å². The predicted molar refractivity (Wildman–Crippen MR) is 198 cm³/mol. The lowest BCUT2D eigenvalue weighted by Gasteiger charge is -2.06. The molecule has 0 spiro atoms. The highest BCUT2D eigenvalue weighted by atomic mass is 79.9. The van der Waals surface area contributed by atoms with Crippen LogP contribution in [0.15, 0.2) is 24.3 Å². The molecule has 0 aliphatic heterocycles. The maximum atomic E-state index is 5.55. The molecule has 3 nitrogen and oxygen atoms in total. The van der Waals surface area contributed by atoms with Crippen LogP contribution in [0.5, 0.6) is 0 Å². The van der Waals surface area contributed by atoms with Crippen molar-refractivity contribution in [1.29, 1.82) is 0 Å². The predicted octanol–water partition coefficient (Wildman–Crippen LogP) is 13.8. The minimum absolute atomic E-state index is 0.332. The summed E-state index contributed by atoms with van der Waals surface area (Å²) in [6.45, 7) is 2.17. The maximum Gasteiger partial charge on any atom is 0.149 e. The summed E-state index contributed by atoms with van der Waals surface area (Å²) in [6.07, 6.45) is 47.0. The third kappa shape index (κ3) is 42.3. The van der Waals surface area contributed by atoms with Gasteiger partial charge in [0.15, 0.2) is 0 Å². The molecule has 0 saturated carbocycles. The van der Waals surface area contributed by atoms with E-state index in [9.17, 15) is 0 Å². The molecule has 0 unspecified atom stereocenters. The fourth-order valence-electron chi connectivity index (χ4n) is 5.24. The number of rotatable bonds is 38. The van der Waals surface area contributed by atoms with Crippen molar-refractivity contribution in [2.45, 2.75) is 180 Å². The Morgan fingerprint density at radius 1 is 0.279 bits per heavy atom. The normalized spacial score (nSPS) is 12.0. The van der Waals surface area contributed by atoms with Crippen LogP contribution in [0.25, 0.3) is 0 Å². The average molecular weight is 737 g/mol. The zero-order valence-electron chi connectivity index (χ0n) is 28.3. The quantitative estimate of drug-likeness (QED) is 0.0273. The van der Waals surface area contributed by atoms with Crippen LogP contribution >= 0.6 is 31.9 Å². The lowest BCUT2D eigenvalue weighted by atomic mass is 10.1. The summed E-state index contributed by atoms with van der Waals surface area (Å²) in [5.41, 5.74) is 0. The van der Waals surface area contributed by atoms with Crippen molar-refractivity contribution in [2.75, 3.05) is 37.5 Å². The van der Waals surface area contributed by atoms with Gasteiger partial charge in [-0.05, 0) is 64.2 Å². The second-order valence-electron chi connectivity index (χ2n) is 12.2. The number of unbranched alkanes of at least 4 members (excludes halogenated alkanes) is 24. The van der Waals surface area contributed by atoms with Crippen LogP contribution in [0.1, 0.15) is 180 Å². The molecule has 0 saturated heterocycles. The summed E-state index contributed by atoms with van der Waals surface area (Å²) >= 11 is 7.02. The van der Waals surface area contributed by atoms with Gasteiger partial charge in [0.25, 0.3) is 0 Å². The number of hydrogen-bond donors (Lipinski definition) is 0. The molecule has 256 valence electrons. The van der Waals surface area contributed by atoms with E-state index in [-0.39, 0.29) is 0 Å². The van der Waals surface area contributed by atoms with Gasteiger partial charge in [0, 0.05) is 23.9 Å². The Morgan fingerprint density at radius 3 is 0.837 bits per heavy atom. The molecule has 5 heteroatoms. The second-order valence-corrected chi connectivity index (χ2v) is 13.8. The topological polar surface area (TPSA) is 27.7 Å². The van der Waals surface area contributed by atoms with Gasteiger partial charge in [0.1, 0.15) is 13.6 Å². The van der Waals surface area contributed by atoms with Gasteiger partial charge < -0.3 is 14.2 Å². The Labute approximate surface area is 286 Å². The molecule has 0 aliphatic rings. The molecule has 0 heterocycles. The molecule has 0 bridgehead atoms. The van der Waals surface area contributed by atoms with E-state index in [1.54, 1.807) is 0 Å². The molecule has 0 aliphatic carbocycles. The first kappa shape index (κ1) is 43.3. The fraction of sp³-hybridized carbons (Fsp3) is 0.895. The van der Waals surface area contributed by atoms with E-state index in [2.05, 4.69) is 56.2 Å². The number of ether oxygens (including phenoxy) is 3. The van der Waals surface area contributed by atoms with E-state index in [0.29, 0.717) is 13.6 Å². The van der Waals surface area contributed by atoms with Crippen molar-refractivity contribution in [3.63, 3.8) is 0 Å². The Morgan fingerprint density at radius 2 is 0.535 bits per heavy atom. The molecular formula is C38H72Br2O3. The highest BCUT2D eigenvalue weighted by molar-refractivity contribution is 9.09. The summed E-state index contributed by atoms with van der Waals surface area (Å²) in [4.78, 5) is 0. The molecule has 0 radical (unpaired) electrons. The molecule has 0 aromatic heterocycles. The summed E-state index contributed by atoms with van der Waals surface area (Å²) in [6, 6.07) is 0. The molecular weight excluding hydrogens is 664 g/mol. The van der Waals surface area contributed by atoms with Gasteiger partial charge in [0.05, 0.1) is 0 Å². The fourth-order valence-corrected chi connectivity index (χ4v) is 6.04. The van der Waals surface area contributed by atoms with E-state index in [1.807, 2.05) is 0 Å². The minimum atomic E-state index is 0.332. The maximum absolute atomic E-state index is 5.55. The highest BCUT2D eigenvalue weighted by Gasteiger charge is 1.95. The lowest BCUT2D eigenvalue weighted by Crippen LogP contribution is -2.06. The van der Waals surface area contributed by atoms with Crippen LogP contribution < -0.4 is 0 Å². The van der Waals surface area contributed by atoms with E-state index in [0.717, 1.165) is 38.9 Å². The average Bonchev–Trinajstić information content (AvgIpc) is 3.02. The van der Waals surface area contributed by atoms with Gasteiger partial charge in [-0.2, -0.15) is 0 Å². The first-order valence-electron chi connectivity index (χ1n) is 18.6. The third-order valence-corrected chi connectivity index (χ3v) is 9.12. The second kappa shape index (κ2) is 42.3. The zero-order chi connectivity index (χ0) is 31.0. The molecule has 0 rings (SSSR count). The van der Waals surface area contributed by atoms with Crippen LogP contribution in [0.2, 0.25) is 0 Å². The number of hydrogen-bond acceptors (Lipinski definition) is 3. The van der Waals surface area contributed by atoms with E-state index >= 15 is 0 Å². The van der Waals surface area contributed by atoms with E-state index in [1.165, 1.54) is 165 Å². The van der Waals surface area contributed by atoms with E-state index < -0.39 is 0 Å².